The first-order valence-corrected chi connectivity index (χ1v) is 8.32. The lowest BCUT2D eigenvalue weighted by Crippen LogP contribution is -2.41. The number of amides is 1. The Morgan fingerprint density at radius 1 is 1.39 bits per heavy atom. The van der Waals surface area contributed by atoms with Gasteiger partial charge in [-0.3, -0.25) is 9.00 Å². The highest BCUT2D eigenvalue weighted by molar-refractivity contribution is 7.85. The van der Waals surface area contributed by atoms with Crippen molar-refractivity contribution < 1.29 is 9.00 Å². The van der Waals surface area contributed by atoms with Crippen molar-refractivity contribution in [2.75, 3.05) is 32.1 Å². The molecule has 1 rings (SSSR count). The van der Waals surface area contributed by atoms with E-state index in [9.17, 15) is 9.00 Å². The lowest BCUT2D eigenvalue weighted by Gasteiger charge is -2.24. The van der Waals surface area contributed by atoms with Gasteiger partial charge in [-0.05, 0) is 25.3 Å². The van der Waals surface area contributed by atoms with E-state index < -0.39 is 10.8 Å². The van der Waals surface area contributed by atoms with Gasteiger partial charge in [0.15, 0.2) is 0 Å². The number of carbonyl (C=O) groups excluding carboxylic acids is 1. The molecule has 0 saturated heterocycles. The Balaban J connectivity index is 2.44. The maximum absolute atomic E-state index is 12.0. The molecule has 2 unspecified atom stereocenters. The summed E-state index contributed by atoms with van der Waals surface area (Å²) in [6.07, 6.45) is 5.04. The fourth-order valence-electron chi connectivity index (χ4n) is 2.51. The molecule has 0 bridgehead atoms. The van der Waals surface area contributed by atoms with E-state index in [1.54, 1.807) is 14.1 Å². The summed E-state index contributed by atoms with van der Waals surface area (Å²) in [5.74, 6) is 1.36. The summed E-state index contributed by atoms with van der Waals surface area (Å²) < 4.78 is 12.0. The minimum atomic E-state index is -1.05. The molecule has 0 aromatic heterocycles. The van der Waals surface area contributed by atoms with E-state index in [0.717, 1.165) is 6.54 Å². The summed E-state index contributed by atoms with van der Waals surface area (Å²) >= 11 is 0. The molecule has 1 aliphatic rings. The van der Waals surface area contributed by atoms with Crippen molar-refractivity contribution in [2.45, 2.75) is 38.6 Å². The highest BCUT2D eigenvalue weighted by Crippen LogP contribution is 2.28. The lowest BCUT2D eigenvalue weighted by atomic mass is 10.00. The number of nitrogens with zero attached hydrogens (tertiary/aromatic N) is 1. The molecule has 5 heteroatoms. The third kappa shape index (κ3) is 5.06. The standard InChI is InChI=1S/C13H26N2O2S/c1-4-14-12(11-7-5-6-8-11)9-18(17)10-13(16)15(2)3/h11-12,14H,4-10H2,1-3H3. The van der Waals surface area contributed by atoms with Crippen LogP contribution in [-0.2, 0) is 15.6 Å². The van der Waals surface area contributed by atoms with Crippen LogP contribution in [0.2, 0.25) is 0 Å². The monoisotopic (exact) mass is 274 g/mol. The van der Waals surface area contributed by atoms with E-state index in [1.807, 2.05) is 0 Å². The van der Waals surface area contributed by atoms with Gasteiger partial charge in [-0.15, -0.1) is 0 Å². The fraction of sp³-hybridized carbons (Fsp3) is 0.923. The highest BCUT2D eigenvalue weighted by Gasteiger charge is 2.26. The number of hydrogen-bond acceptors (Lipinski definition) is 3. The average Bonchev–Trinajstić information content (AvgIpc) is 2.81. The second-order valence-corrected chi connectivity index (χ2v) is 6.75. The summed E-state index contributed by atoms with van der Waals surface area (Å²) in [7, 11) is 2.36. The van der Waals surface area contributed by atoms with Gasteiger partial charge in [0, 0.05) is 36.7 Å². The Hall–Kier alpha value is -0.420. The smallest absolute Gasteiger partial charge is 0.234 e. The van der Waals surface area contributed by atoms with E-state index >= 15 is 0 Å². The summed E-state index contributed by atoms with van der Waals surface area (Å²) in [6.45, 7) is 2.98. The van der Waals surface area contributed by atoms with Gasteiger partial charge in [0.25, 0.3) is 0 Å². The SMILES string of the molecule is CCNC(CS(=O)CC(=O)N(C)C)C1CCCC1. The molecular weight excluding hydrogens is 248 g/mol. The average molecular weight is 274 g/mol. The molecule has 0 radical (unpaired) electrons. The highest BCUT2D eigenvalue weighted by atomic mass is 32.2. The fourth-order valence-corrected chi connectivity index (χ4v) is 3.95. The molecule has 1 fully saturated rings. The molecule has 0 aliphatic heterocycles. The predicted molar refractivity (Wildman–Crippen MR) is 76.0 cm³/mol. The first kappa shape index (κ1) is 15.6. The minimum Gasteiger partial charge on any atom is -0.348 e. The van der Waals surface area contributed by atoms with Crippen LogP contribution in [0.1, 0.15) is 32.6 Å². The van der Waals surface area contributed by atoms with Crippen molar-refractivity contribution in [1.82, 2.24) is 10.2 Å². The first-order chi connectivity index (χ1) is 8.54. The van der Waals surface area contributed by atoms with Crippen LogP contribution in [0.4, 0.5) is 0 Å². The van der Waals surface area contributed by atoms with Gasteiger partial charge in [0.2, 0.25) is 5.91 Å². The normalized spacial score (nSPS) is 19.7. The molecule has 18 heavy (non-hydrogen) atoms. The minimum absolute atomic E-state index is 0.0463. The second-order valence-electron chi connectivity index (χ2n) is 5.25. The van der Waals surface area contributed by atoms with Crippen LogP contribution in [0.25, 0.3) is 0 Å². The largest absolute Gasteiger partial charge is 0.348 e. The van der Waals surface area contributed by atoms with E-state index in [1.165, 1.54) is 30.6 Å². The van der Waals surface area contributed by atoms with Gasteiger partial charge in [0.1, 0.15) is 5.75 Å². The Morgan fingerprint density at radius 3 is 2.50 bits per heavy atom. The van der Waals surface area contributed by atoms with Gasteiger partial charge in [-0.25, -0.2) is 0 Å². The molecule has 0 aromatic rings. The topological polar surface area (TPSA) is 49.4 Å². The van der Waals surface area contributed by atoms with Gasteiger partial charge < -0.3 is 10.2 Å². The van der Waals surface area contributed by atoms with Gasteiger partial charge in [-0.2, -0.15) is 0 Å². The maximum atomic E-state index is 12.0. The molecule has 4 nitrogen and oxygen atoms in total. The van der Waals surface area contributed by atoms with E-state index in [2.05, 4.69) is 12.2 Å². The molecule has 106 valence electrons. The van der Waals surface area contributed by atoms with Crippen LogP contribution < -0.4 is 5.32 Å². The zero-order chi connectivity index (χ0) is 13.5. The molecule has 0 aromatic carbocycles. The summed E-state index contributed by atoms with van der Waals surface area (Å²) in [6, 6.07) is 0.313. The molecule has 1 saturated carbocycles. The maximum Gasteiger partial charge on any atom is 0.234 e. The molecule has 0 heterocycles. The molecule has 1 aliphatic carbocycles. The second kappa shape index (κ2) is 7.89. The van der Waals surface area contributed by atoms with Crippen LogP contribution in [0.15, 0.2) is 0 Å². The van der Waals surface area contributed by atoms with Crippen LogP contribution in [0.5, 0.6) is 0 Å². The Labute approximate surface area is 113 Å². The third-order valence-electron chi connectivity index (χ3n) is 3.58. The van der Waals surface area contributed by atoms with E-state index in [4.69, 9.17) is 0 Å². The molecule has 2 atom stereocenters. The van der Waals surface area contributed by atoms with Crippen molar-refractivity contribution in [3.8, 4) is 0 Å². The van der Waals surface area contributed by atoms with Crippen molar-refractivity contribution in [1.29, 1.82) is 0 Å². The van der Waals surface area contributed by atoms with Crippen LogP contribution in [0.3, 0.4) is 0 Å². The van der Waals surface area contributed by atoms with E-state index in [-0.39, 0.29) is 11.7 Å². The van der Waals surface area contributed by atoms with Gasteiger partial charge >= 0.3 is 0 Å². The number of nitrogens with one attached hydrogen (secondary N) is 1. The van der Waals surface area contributed by atoms with Crippen molar-refractivity contribution >= 4 is 16.7 Å². The Morgan fingerprint density at radius 2 is 2.00 bits per heavy atom. The van der Waals surface area contributed by atoms with Crippen LogP contribution in [-0.4, -0.2) is 53.2 Å². The Kier molecular flexibility index (Phi) is 6.86. The van der Waals surface area contributed by atoms with E-state index in [0.29, 0.717) is 17.7 Å². The molecule has 1 N–H and O–H groups in total. The molecular formula is C13H26N2O2S. The summed E-state index contributed by atoms with van der Waals surface area (Å²) in [5, 5.41) is 3.44. The van der Waals surface area contributed by atoms with Crippen molar-refractivity contribution in [3.05, 3.63) is 0 Å². The zero-order valence-corrected chi connectivity index (χ0v) is 12.6. The van der Waals surface area contributed by atoms with Crippen LogP contribution >= 0.6 is 0 Å². The van der Waals surface area contributed by atoms with Crippen LogP contribution in [0, 0.1) is 5.92 Å². The van der Waals surface area contributed by atoms with Crippen molar-refractivity contribution in [3.63, 3.8) is 0 Å². The third-order valence-corrected chi connectivity index (χ3v) is 4.88. The first-order valence-electron chi connectivity index (χ1n) is 6.83. The zero-order valence-electron chi connectivity index (χ0n) is 11.8. The van der Waals surface area contributed by atoms with Crippen molar-refractivity contribution in [2.24, 2.45) is 5.92 Å². The number of carbonyl (C=O) groups is 1. The van der Waals surface area contributed by atoms with Gasteiger partial charge in [-0.1, -0.05) is 19.8 Å². The number of rotatable bonds is 7. The Bertz CT molecular complexity index is 289. The quantitative estimate of drug-likeness (QED) is 0.753. The molecule has 0 spiro atoms. The molecule has 1 amide bonds. The summed E-state index contributed by atoms with van der Waals surface area (Å²) in [4.78, 5) is 13.0. The predicted octanol–water partition coefficient (Wildman–Crippen LogP) is 0.992. The van der Waals surface area contributed by atoms with Gasteiger partial charge in [0.05, 0.1) is 0 Å². The summed E-state index contributed by atoms with van der Waals surface area (Å²) in [5.41, 5.74) is 0. The number of hydrogen-bond donors (Lipinski definition) is 1. The lowest BCUT2D eigenvalue weighted by molar-refractivity contribution is -0.125.